The zero-order chi connectivity index (χ0) is 25.6. The number of rotatable bonds is 12. The second kappa shape index (κ2) is 12.0. The Morgan fingerprint density at radius 3 is 2.32 bits per heavy atom. The minimum absolute atomic E-state index is 0.0149. The SMILES string of the molecule is CCCC(CC1CC(=O)c2c(ccc(CC(=O)CC(C)(C)C)c2C)C1)C(CC)C(=O)CC(C)=O. The third-order valence-corrected chi connectivity index (χ3v) is 7.18. The average Bonchev–Trinajstić information content (AvgIpc) is 2.68. The summed E-state index contributed by atoms with van der Waals surface area (Å²) in [5.41, 5.74) is 3.76. The van der Waals surface area contributed by atoms with Gasteiger partial charge in [0.15, 0.2) is 5.78 Å². The molecule has 0 amide bonds. The first-order chi connectivity index (χ1) is 15.9. The maximum atomic E-state index is 13.2. The normalized spacial score (nSPS) is 17.7. The highest BCUT2D eigenvalue weighted by atomic mass is 16.1. The molecule has 188 valence electrons. The van der Waals surface area contributed by atoms with Crippen LogP contribution >= 0.6 is 0 Å². The quantitative estimate of drug-likeness (QED) is 0.321. The highest BCUT2D eigenvalue weighted by Gasteiger charge is 2.33. The van der Waals surface area contributed by atoms with Crippen LogP contribution in [0, 0.1) is 30.1 Å². The van der Waals surface area contributed by atoms with Gasteiger partial charge < -0.3 is 0 Å². The first-order valence-corrected chi connectivity index (χ1v) is 13.0. The van der Waals surface area contributed by atoms with Gasteiger partial charge in [-0.3, -0.25) is 19.2 Å². The Balaban J connectivity index is 2.19. The zero-order valence-electron chi connectivity index (χ0n) is 22.4. The topological polar surface area (TPSA) is 68.3 Å². The molecule has 1 aliphatic rings. The number of hydrogen-bond donors (Lipinski definition) is 0. The van der Waals surface area contributed by atoms with Crippen molar-refractivity contribution in [2.75, 3.05) is 0 Å². The van der Waals surface area contributed by atoms with Crippen LogP contribution in [0.15, 0.2) is 12.1 Å². The number of benzene rings is 1. The molecule has 0 aliphatic heterocycles. The molecule has 4 heteroatoms. The summed E-state index contributed by atoms with van der Waals surface area (Å²) in [7, 11) is 0. The van der Waals surface area contributed by atoms with E-state index in [1.807, 2.05) is 26.0 Å². The van der Waals surface area contributed by atoms with Crippen LogP contribution in [0.5, 0.6) is 0 Å². The zero-order valence-corrected chi connectivity index (χ0v) is 22.4. The molecule has 4 nitrogen and oxygen atoms in total. The van der Waals surface area contributed by atoms with Gasteiger partial charge in [-0.15, -0.1) is 0 Å². The Hall–Kier alpha value is -2.10. The fourth-order valence-corrected chi connectivity index (χ4v) is 5.82. The Labute approximate surface area is 206 Å². The lowest BCUT2D eigenvalue weighted by atomic mass is 9.71. The van der Waals surface area contributed by atoms with E-state index in [-0.39, 0.29) is 52.7 Å². The molecular weight excluding hydrogens is 424 g/mol. The lowest BCUT2D eigenvalue weighted by Crippen LogP contribution is -2.30. The standard InChI is InChI=1S/C30H44O4/c1-8-10-23(26(9-2)27(33)13-19(3)31)14-21-15-24-12-11-22(17-25(32)18-30(5,6)7)20(4)29(24)28(34)16-21/h11-12,21,23,26H,8-10,13-18H2,1-7H3. The molecule has 0 saturated carbocycles. The van der Waals surface area contributed by atoms with Gasteiger partial charge in [-0.2, -0.15) is 0 Å². The summed E-state index contributed by atoms with van der Waals surface area (Å²) < 4.78 is 0. The maximum Gasteiger partial charge on any atom is 0.163 e. The highest BCUT2D eigenvalue weighted by Crippen LogP contribution is 2.37. The maximum absolute atomic E-state index is 13.2. The monoisotopic (exact) mass is 468 g/mol. The van der Waals surface area contributed by atoms with E-state index in [9.17, 15) is 19.2 Å². The van der Waals surface area contributed by atoms with Gasteiger partial charge in [-0.1, -0.05) is 59.6 Å². The minimum Gasteiger partial charge on any atom is -0.300 e. The summed E-state index contributed by atoms with van der Waals surface area (Å²) in [4.78, 5) is 50.1. The molecule has 0 spiro atoms. The van der Waals surface area contributed by atoms with Crippen molar-refractivity contribution >= 4 is 23.1 Å². The summed E-state index contributed by atoms with van der Waals surface area (Å²) in [6, 6.07) is 4.07. The Bertz CT molecular complexity index is 918. The summed E-state index contributed by atoms with van der Waals surface area (Å²) in [5.74, 6) is 0.648. The molecule has 0 fully saturated rings. The lowest BCUT2D eigenvalue weighted by Gasteiger charge is -2.32. The number of carbonyl (C=O) groups is 4. The van der Waals surface area contributed by atoms with Gasteiger partial charge >= 0.3 is 0 Å². The number of hydrogen-bond acceptors (Lipinski definition) is 4. The van der Waals surface area contributed by atoms with Crippen molar-refractivity contribution in [3.8, 4) is 0 Å². The van der Waals surface area contributed by atoms with Crippen molar-refractivity contribution in [1.29, 1.82) is 0 Å². The predicted octanol–water partition coefficient (Wildman–Crippen LogP) is 6.67. The van der Waals surface area contributed by atoms with Crippen LogP contribution in [-0.4, -0.2) is 23.1 Å². The van der Waals surface area contributed by atoms with Gasteiger partial charge in [0.05, 0.1) is 6.42 Å². The molecule has 3 atom stereocenters. The van der Waals surface area contributed by atoms with E-state index in [0.29, 0.717) is 19.3 Å². The van der Waals surface area contributed by atoms with Crippen molar-refractivity contribution in [2.24, 2.45) is 23.2 Å². The molecule has 1 aromatic rings. The molecule has 2 rings (SSSR count). The van der Waals surface area contributed by atoms with Crippen molar-refractivity contribution in [3.05, 3.63) is 34.4 Å². The van der Waals surface area contributed by atoms with Gasteiger partial charge in [0.1, 0.15) is 17.3 Å². The van der Waals surface area contributed by atoms with Crippen LogP contribution in [0.25, 0.3) is 0 Å². The molecule has 34 heavy (non-hydrogen) atoms. The van der Waals surface area contributed by atoms with Crippen LogP contribution in [0.2, 0.25) is 0 Å². The van der Waals surface area contributed by atoms with E-state index in [0.717, 1.165) is 54.4 Å². The van der Waals surface area contributed by atoms with E-state index in [1.54, 1.807) is 0 Å². The first-order valence-electron chi connectivity index (χ1n) is 13.0. The molecule has 0 N–H and O–H groups in total. The van der Waals surface area contributed by atoms with Gasteiger partial charge in [0, 0.05) is 30.7 Å². The van der Waals surface area contributed by atoms with Crippen molar-refractivity contribution in [2.45, 2.75) is 106 Å². The second-order valence-electron chi connectivity index (χ2n) is 11.7. The molecule has 3 unspecified atom stereocenters. The van der Waals surface area contributed by atoms with E-state index in [4.69, 9.17) is 0 Å². The van der Waals surface area contributed by atoms with Crippen LogP contribution in [0.4, 0.5) is 0 Å². The number of carbonyl (C=O) groups excluding carboxylic acids is 4. The highest BCUT2D eigenvalue weighted by molar-refractivity contribution is 6.01. The molecular formula is C30H44O4. The van der Waals surface area contributed by atoms with E-state index < -0.39 is 0 Å². The fourth-order valence-electron chi connectivity index (χ4n) is 5.82. The van der Waals surface area contributed by atoms with Gasteiger partial charge in [0.25, 0.3) is 0 Å². The van der Waals surface area contributed by atoms with Crippen molar-refractivity contribution < 1.29 is 19.2 Å². The largest absolute Gasteiger partial charge is 0.300 e. The molecule has 0 bridgehead atoms. The van der Waals surface area contributed by atoms with E-state index in [2.05, 4.69) is 27.7 Å². The number of Topliss-reactive ketones (excluding diaryl/α,β-unsaturated/α-hetero) is 4. The Morgan fingerprint density at radius 1 is 1.09 bits per heavy atom. The van der Waals surface area contributed by atoms with E-state index >= 15 is 0 Å². The van der Waals surface area contributed by atoms with Crippen molar-refractivity contribution in [3.63, 3.8) is 0 Å². The molecule has 0 radical (unpaired) electrons. The Kier molecular flexibility index (Phi) is 9.96. The van der Waals surface area contributed by atoms with Gasteiger partial charge in [-0.25, -0.2) is 0 Å². The minimum atomic E-state index is -0.113. The average molecular weight is 469 g/mol. The van der Waals surface area contributed by atoms with E-state index in [1.165, 1.54) is 6.92 Å². The second-order valence-corrected chi connectivity index (χ2v) is 11.7. The number of fused-ring (bicyclic) bond motifs is 1. The van der Waals surface area contributed by atoms with Crippen molar-refractivity contribution in [1.82, 2.24) is 0 Å². The molecule has 0 heterocycles. The molecule has 0 saturated heterocycles. The van der Waals surface area contributed by atoms with Crippen LogP contribution in [0.3, 0.4) is 0 Å². The third kappa shape index (κ3) is 7.71. The third-order valence-electron chi connectivity index (χ3n) is 7.18. The summed E-state index contributed by atoms with van der Waals surface area (Å²) in [5, 5.41) is 0. The van der Waals surface area contributed by atoms with Crippen LogP contribution in [0.1, 0.15) is 114 Å². The van der Waals surface area contributed by atoms with Gasteiger partial charge in [0.2, 0.25) is 0 Å². The Morgan fingerprint density at radius 2 is 1.76 bits per heavy atom. The van der Waals surface area contributed by atoms with Crippen LogP contribution < -0.4 is 0 Å². The lowest BCUT2D eigenvalue weighted by molar-refractivity contribution is -0.130. The molecule has 1 aliphatic carbocycles. The summed E-state index contributed by atoms with van der Waals surface area (Å²) >= 11 is 0. The molecule has 1 aromatic carbocycles. The summed E-state index contributed by atoms with van der Waals surface area (Å²) in [6.07, 6.45) is 5.73. The molecule has 0 aromatic heterocycles. The predicted molar refractivity (Wildman–Crippen MR) is 137 cm³/mol. The smallest absolute Gasteiger partial charge is 0.163 e. The van der Waals surface area contributed by atoms with Gasteiger partial charge in [-0.05, 0) is 67.1 Å². The first kappa shape index (κ1) is 28.1. The van der Waals surface area contributed by atoms with Crippen LogP contribution in [-0.2, 0) is 27.2 Å². The fraction of sp³-hybridized carbons (Fsp3) is 0.667. The summed E-state index contributed by atoms with van der Waals surface area (Å²) in [6.45, 7) is 13.8. The number of ketones is 4.